The third kappa shape index (κ3) is 3.38. The van der Waals surface area contributed by atoms with Crippen molar-refractivity contribution in [2.24, 2.45) is 5.92 Å². The van der Waals surface area contributed by atoms with Crippen molar-refractivity contribution >= 4 is 21.8 Å². The van der Waals surface area contributed by atoms with Gasteiger partial charge in [-0.15, -0.1) is 0 Å². The molecule has 0 fully saturated rings. The third-order valence-corrected chi connectivity index (χ3v) is 2.54. The van der Waals surface area contributed by atoms with Gasteiger partial charge in [-0.25, -0.2) is 0 Å². The maximum Gasteiger partial charge on any atom is 0.267 e. The Hall–Kier alpha value is -0.770. The van der Waals surface area contributed by atoms with Crippen LogP contribution in [0.1, 0.15) is 31.3 Å². The molecule has 0 saturated carbocycles. The second-order valence-corrected chi connectivity index (χ2v) is 4.85. The van der Waals surface area contributed by atoms with Crippen LogP contribution in [0, 0.1) is 5.92 Å². The summed E-state index contributed by atoms with van der Waals surface area (Å²) >= 11 is 3.37. The molecule has 0 atom stereocenters. The van der Waals surface area contributed by atoms with E-state index in [1.54, 1.807) is 0 Å². The van der Waals surface area contributed by atoms with Crippen molar-refractivity contribution in [3.63, 3.8) is 0 Å². The van der Waals surface area contributed by atoms with Crippen LogP contribution in [-0.4, -0.2) is 17.0 Å². The number of nitrogens with one attached hydrogen (secondary N) is 1. The molecule has 4 heteroatoms. The van der Waals surface area contributed by atoms with Gasteiger partial charge in [-0.1, -0.05) is 13.8 Å². The van der Waals surface area contributed by atoms with Gasteiger partial charge in [-0.3, -0.25) is 4.79 Å². The lowest BCUT2D eigenvalue weighted by Gasteiger charge is -2.09. The molecule has 0 saturated heterocycles. The molecule has 0 unspecified atom stereocenters. The van der Waals surface area contributed by atoms with Crippen molar-refractivity contribution in [3.05, 3.63) is 22.4 Å². The first kappa shape index (κ1) is 12.3. The second kappa shape index (κ2) is 5.35. The van der Waals surface area contributed by atoms with Crippen molar-refractivity contribution in [2.75, 3.05) is 6.54 Å². The van der Waals surface area contributed by atoms with Crippen LogP contribution in [0.15, 0.2) is 16.7 Å². The van der Waals surface area contributed by atoms with E-state index in [4.69, 9.17) is 0 Å². The number of aryl methyl sites for hydroxylation is 1. The highest BCUT2D eigenvalue weighted by Gasteiger charge is 2.11. The topological polar surface area (TPSA) is 34.0 Å². The molecule has 1 aromatic rings. The predicted molar refractivity (Wildman–Crippen MR) is 65.0 cm³/mol. The molecule has 0 aromatic carbocycles. The van der Waals surface area contributed by atoms with Gasteiger partial charge in [0.15, 0.2) is 0 Å². The van der Waals surface area contributed by atoms with E-state index < -0.39 is 0 Å². The van der Waals surface area contributed by atoms with E-state index in [-0.39, 0.29) is 5.91 Å². The van der Waals surface area contributed by atoms with Gasteiger partial charge in [0.05, 0.1) is 0 Å². The van der Waals surface area contributed by atoms with Crippen LogP contribution >= 0.6 is 15.9 Å². The largest absolute Gasteiger partial charge is 0.351 e. The Bertz CT molecular complexity index is 344. The Morgan fingerprint density at radius 3 is 2.80 bits per heavy atom. The minimum atomic E-state index is -0.00347. The molecule has 0 bridgehead atoms. The summed E-state index contributed by atoms with van der Waals surface area (Å²) in [4.78, 5) is 11.8. The normalized spacial score (nSPS) is 10.7. The van der Waals surface area contributed by atoms with E-state index in [1.165, 1.54) is 0 Å². The number of hydrogen-bond acceptors (Lipinski definition) is 1. The van der Waals surface area contributed by atoms with Crippen molar-refractivity contribution in [1.82, 2.24) is 9.88 Å². The predicted octanol–water partition coefficient (Wildman–Crippen LogP) is 2.66. The Balaban J connectivity index is 2.72. The Morgan fingerprint density at radius 1 is 1.60 bits per heavy atom. The van der Waals surface area contributed by atoms with Gasteiger partial charge in [0.25, 0.3) is 5.91 Å². The molecule has 84 valence electrons. The SMILES string of the molecule is CCn1cc(Br)cc1C(=O)NCC(C)C. The van der Waals surface area contributed by atoms with E-state index in [2.05, 4.69) is 35.1 Å². The average molecular weight is 273 g/mol. The van der Waals surface area contributed by atoms with Crippen LogP contribution in [0.5, 0.6) is 0 Å². The molecule has 1 rings (SSSR count). The first-order valence-electron chi connectivity index (χ1n) is 5.18. The summed E-state index contributed by atoms with van der Waals surface area (Å²) in [7, 11) is 0. The molecule has 0 aliphatic carbocycles. The van der Waals surface area contributed by atoms with E-state index in [0.717, 1.165) is 11.0 Å². The smallest absolute Gasteiger partial charge is 0.267 e. The van der Waals surface area contributed by atoms with Gasteiger partial charge in [-0.2, -0.15) is 0 Å². The van der Waals surface area contributed by atoms with Crippen molar-refractivity contribution in [3.8, 4) is 0 Å². The lowest BCUT2D eigenvalue weighted by Crippen LogP contribution is -2.29. The lowest BCUT2D eigenvalue weighted by atomic mass is 10.2. The summed E-state index contributed by atoms with van der Waals surface area (Å²) in [5.74, 6) is 0.471. The van der Waals surface area contributed by atoms with Crippen LogP contribution in [0.3, 0.4) is 0 Å². The van der Waals surface area contributed by atoms with Crippen LogP contribution in [0.4, 0.5) is 0 Å². The Labute approximate surface area is 99.0 Å². The van der Waals surface area contributed by atoms with Crippen molar-refractivity contribution in [1.29, 1.82) is 0 Å². The fraction of sp³-hybridized carbons (Fsp3) is 0.545. The van der Waals surface area contributed by atoms with Gasteiger partial charge < -0.3 is 9.88 Å². The average Bonchev–Trinajstić information content (AvgIpc) is 2.56. The molecule has 0 spiro atoms. The highest BCUT2D eigenvalue weighted by molar-refractivity contribution is 9.10. The van der Waals surface area contributed by atoms with Gasteiger partial charge in [0.1, 0.15) is 5.69 Å². The molecule has 0 aliphatic rings. The third-order valence-electron chi connectivity index (χ3n) is 2.11. The summed E-state index contributed by atoms with van der Waals surface area (Å²) in [5, 5.41) is 2.91. The molecule has 1 N–H and O–H groups in total. The minimum absolute atomic E-state index is 0.00347. The maximum atomic E-state index is 11.8. The first-order chi connectivity index (χ1) is 7.04. The van der Waals surface area contributed by atoms with E-state index in [1.807, 2.05) is 23.8 Å². The van der Waals surface area contributed by atoms with Crippen molar-refractivity contribution in [2.45, 2.75) is 27.3 Å². The van der Waals surface area contributed by atoms with Gasteiger partial charge >= 0.3 is 0 Å². The number of rotatable bonds is 4. The fourth-order valence-corrected chi connectivity index (χ4v) is 1.78. The summed E-state index contributed by atoms with van der Waals surface area (Å²) < 4.78 is 2.87. The van der Waals surface area contributed by atoms with Crippen LogP contribution < -0.4 is 5.32 Å². The number of aromatic nitrogens is 1. The fourth-order valence-electron chi connectivity index (χ4n) is 1.31. The highest BCUT2D eigenvalue weighted by atomic mass is 79.9. The summed E-state index contributed by atoms with van der Waals surface area (Å²) in [5.41, 5.74) is 0.713. The number of carbonyl (C=O) groups excluding carboxylic acids is 1. The molecule has 1 aromatic heterocycles. The standard InChI is InChI=1S/C11H17BrN2O/c1-4-14-7-9(12)5-10(14)11(15)13-6-8(2)3/h5,7-8H,4,6H2,1-3H3,(H,13,15). The zero-order chi connectivity index (χ0) is 11.4. The summed E-state index contributed by atoms with van der Waals surface area (Å²) in [6.45, 7) is 7.69. The number of amides is 1. The van der Waals surface area contributed by atoms with E-state index in [9.17, 15) is 4.79 Å². The monoisotopic (exact) mass is 272 g/mol. The molecule has 0 radical (unpaired) electrons. The zero-order valence-electron chi connectivity index (χ0n) is 9.38. The molecule has 3 nitrogen and oxygen atoms in total. The van der Waals surface area contributed by atoms with Gasteiger partial charge in [0, 0.05) is 23.8 Å². The van der Waals surface area contributed by atoms with E-state index >= 15 is 0 Å². The van der Waals surface area contributed by atoms with Crippen LogP contribution in [0.2, 0.25) is 0 Å². The van der Waals surface area contributed by atoms with Gasteiger partial charge in [0.2, 0.25) is 0 Å². The molecular weight excluding hydrogens is 256 g/mol. The molecule has 1 amide bonds. The molecule has 15 heavy (non-hydrogen) atoms. The summed E-state index contributed by atoms with van der Waals surface area (Å²) in [6, 6.07) is 1.85. The molecule has 0 aliphatic heterocycles. The van der Waals surface area contributed by atoms with E-state index in [0.29, 0.717) is 18.2 Å². The molecular formula is C11H17BrN2O. The minimum Gasteiger partial charge on any atom is -0.351 e. The maximum absolute atomic E-state index is 11.8. The lowest BCUT2D eigenvalue weighted by molar-refractivity contribution is 0.0940. The number of hydrogen-bond donors (Lipinski definition) is 1. The zero-order valence-corrected chi connectivity index (χ0v) is 11.0. The highest BCUT2D eigenvalue weighted by Crippen LogP contribution is 2.14. The van der Waals surface area contributed by atoms with Crippen LogP contribution in [-0.2, 0) is 6.54 Å². The Morgan fingerprint density at radius 2 is 2.27 bits per heavy atom. The number of nitrogens with zero attached hydrogens (tertiary/aromatic N) is 1. The van der Waals surface area contributed by atoms with Gasteiger partial charge in [-0.05, 0) is 34.8 Å². The van der Waals surface area contributed by atoms with Crippen molar-refractivity contribution < 1.29 is 4.79 Å². The van der Waals surface area contributed by atoms with Crippen LogP contribution in [0.25, 0.3) is 0 Å². The number of halogens is 1. The number of carbonyl (C=O) groups is 1. The summed E-state index contributed by atoms with van der Waals surface area (Å²) in [6.07, 6.45) is 1.92. The second-order valence-electron chi connectivity index (χ2n) is 3.93. The molecule has 1 heterocycles. The quantitative estimate of drug-likeness (QED) is 0.899. The Kier molecular flexibility index (Phi) is 4.39. The first-order valence-corrected chi connectivity index (χ1v) is 5.97.